The quantitative estimate of drug-likeness (QED) is 0.0590. The Kier molecular flexibility index (Phi) is 20.7. The molecule has 12 nitrogen and oxygen atoms in total. The Hall–Kier alpha value is -2.82. The molecule has 0 aliphatic carbocycles. The zero-order valence-electron chi connectivity index (χ0n) is 31.1. The van der Waals surface area contributed by atoms with Gasteiger partial charge in [0.25, 0.3) is 0 Å². The summed E-state index contributed by atoms with van der Waals surface area (Å²) in [7, 11) is -12.3. The van der Waals surface area contributed by atoms with Crippen molar-refractivity contribution in [2.45, 2.75) is 52.6 Å². The van der Waals surface area contributed by atoms with Gasteiger partial charge in [0.05, 0.1) is 23.8 Å². The van der Waals surface area contributed by atoms with E-state index in [0.29, 0.717) is 13.1 Å². The van der Waals surface area contributed by atoms with Crippen molar-refractivity contribution in [2.75, 3.05) is 13.1 Å². The molecule has 0 atom stereocenters. The van der Waals surface area contributed by atoms with E-state index in [1.54, 1.807) is 21.8 Å². The molecule has 4 aromatic rings. The van der Waals surface area contributed by atoms with Gasteiger partial charge in [-0.2, -0.15) is 13.3 Å². The van der Waals surface area contributed by atoms with Crippen LogP contribution in [0.3, 0.4) is 0 Å². The molecule has 0 bridgehead atoms. The first kappa shape index (κ1) is 55.2. The zero-order chi connectivity index (χ0) is 45.8. The van der Waals surface area contributed by atoms with Crippen molar-refractivity contribution in [1.82, 2.24) is 59.6 Å². The van der Waals surface area contributed by atoms with Crippen LogP contribution in [0.25, 0.3) is 11.6 Å². The van der Waals surface area contributed by atoms with Crippen LogP contribution >= 0.6 is 34.7 Å². The molecule has 60 heavy (non-hydrogen) atoms. The van der Waals surface area contributed by atoms with Gasteiger partial charge in [-0.3, -0.25) is 0 Å². The first-order valence-corrected chi connectivity index (χ1v) is 24.8. The molecule has 0 radical (unpaired) electrons. The van der Waals surface area contributed by atoms with Crippen molar-refractivity contribution in [2.24, 2.45) is 0 Å². The third-order valence-electron chi connectivity index (χ3n) is 6.57. The molecule has 0 unspecified atom stereocenters. The molecule has 6 rings (SSSR count). The van der Waals surface area contributed by atoms with Crippen LogP contribution in [0.4, 0.5) is 50.4 Å². The first-order valence-electron chi connectivity index (χ1n) is 16.7. The van der Waals surface area contributed by atoms with E-state index in [4.69, 9.17) is 0 Å². The number of unbranched alkanes of at least 4 members (excludes halogenated alkanes) is 2. The van der Waals surface area contributed by atoms with Crippen LogP contribution in [-0.2, 0) is 49.5 Å². The molecule has 348 valence electrons. The zero-order valence-corrected chi connectivity index (χ0v) is 37.5. The molecule has 0 N–H and O–H groups in total. The number of hydrogen-bond donors (Lipinski definition) is 0. The normalized spacial score (nSPS) is 15.5. The average molecular weight is 1140 g/mol. The van der Waals surface area contributed by atoms with E-state index in [2.05, 4.69) is 158 Å². The fraction of sp³-hybridized carbons (Fsp3) is 0.333. The predicted octanol–water partition coefficient (Wildman–Crippen LogP) is 12.5. The summed E-state index contributed by atoms with van der Waals surface area (Å²) in [5.74, 6) is 1.56. The van der Waals surface area contributed by atoms with E-state index in [1.165, 1.54) is 25.7 Å². The van der Waals surface area contributed by atoms with Crippen LogP contribution in [0, 0.1) is 13.3 Å². The maximum absolute atomic E-state index is 10.7. The molecular formula is C30H38Cl2F12N12P2Pd2-2. The summed E-state index contributed by atoms with van der Waals surface area (Å²) >= 11 is 4.44. The number of nitrogens with zero attached hydrogens (tertiary/aromatic N) is 12. The Labute approximate surface area is 367 Å². The van der Waals surface area contributed by atoms with Gasteiger partial charge in [-0.05, 0) is 75.0 Å². The molecule has 30 heteroatoms. The molecular weight excluding hydrogens is 1100 g/mol. The summed E-state index contributed by atoms with van der Waals surface area (Å²) in [4.78, 5) is 17.1. The Morgan fingerprint density at radius 2 is 0.850 bits per heavy atom. The number of pyridine rings is 2. The molecule has 0 saturated heterocycles. The predicted molar refractivity (Wildman–Crippen MR) is 198 cm³/mol. The molecule has 0 aromatic carbocycles. The van der Waals surface area contributed by atoms with Gasteiger partial charge in [-0.15, -0.1) is 10.2 Å². The number of halogens is 14. The second-order valence-corrected chi connectivity index (χ2v) is 15.8. The molecule has 0 spiro atoms. The van der Waals surface area contributed by atoms with Gasteiger partial charge in [0.1, 0.15) is 0 Å². The van der Waals surface area contributed by atoms with Crippen LogP contribution in [0.5, 0.6) is 0 Å². The van der Waals surface area contributed by atoms with Gasteiger partial charge in [0.2, 0.25) is 0 Å². The fourth-order valence-electron chi connectivity index (χ4n) is 4.33. The molecule has 0 fully saturated rings. The third-order valence-corrected chi connectivity index (χ3v) is 6.57. The van der Waals surface area contributed by atoms with Crippen molar-refractivity contribution in [3.63, 3.8) is 0 Å². The van der Waals surface area contributed by atoms with Crippen LogP contribution < -0.4 is 0 Å². The summed E-state index contributed by atoms with van der Waals surface area (Å²) in [5.41, 5.74) is 1.83. The van der Waals surface area contributed by atoms with Gasteiger partial charge in [-0.25, -0.2) is 19.3 Å². The van der Waals surface area contributed by atoms with E-state index in [-0.39, 0.29) is 0 Å². The third kappa shape index (κ3) is 30.3. The van der Waals surface area contributed by atoms with Gasteiger partial charge in [0.15, 0.2) is 11.6 Å². The molecule has 6 heterocycles. The second kappa shape index (κ2) is 22.5. The number of aromatic nitrogens is 8. The molecule has 0 saturated carbocycles. The van der Waals surface area contributed by atoms with Gasteiger partial charge in [-0.1, -0.05) is 49.2 Å². The summed E-state index contributed by atoms with van der Waals surface area (Å²) in [6.45, 7) is 12.2. The molecule has 2 aliphatic rings. The van der Waals surface area contributed by atoms with Crippen molar-refractivity contribution in [3.05, 3.63) is 111 Å². The Balaban J connectivity index is 0.000000432. The minimum absolute atomic E-state index is 0.714. The maximum atomic E-state index is 9.87. The standard InChI is InChI=1S/2C15H19N6.2ClH.2F6P.2Pd/c2*1-2-3-8-19-9-10-20(13-19)11-14-12-21(18-17-14)15-6-4-5-7-16-15;;;2*1-7(2,3,4,5)6;;/h2*4-7,9-10,12-13H,2-3,8,11H2,1H3;2*1H;;;;/q2*-1;;;2*-1;2*+2/p-2. The summed E-state index contributed by atoms with van der Waals surface area (Å²) in [6.07, 6.45) is 20.5. The van der Waals surface area contributed by atoms with Crippen molar-refractivity contribution < 1.29 is 86.7 Å². The van der Waals surface area contributed by atoms with E-state index in [1.807, 2.05) is 48.8 Å². The molecule has 2 aliphatic heterocycles. The van der Waals surface area contributed by atoms with E-state index < -0.39 is 15.6 Å². The number of rotatable bonds is 12. The van der Waals surface area contributed by atoms with Crippen molar-refractivity contribution in [1.29, 1.82) is 0 Å². The monoisotopic (exact) mass is 1140 g/mol. The summed E-state index contributed by atoms with van der Waals surface area (Å²) in [5, 5.41) is 16.7. The molecule has 0 amide bonds. The van der Waals surface area contributed by atoms with Crippen LogP contribution in [-0.4, -0.2) is 72.6 Å². The van der Waals surface area contributed by atoms with E-state index in [0.717, 1.165) is 36.1 Å². The van der Waals surface area contributed by atoms with Gasteiger partial charge in [0, 0.05) is 25.5 Å². The van der Waals surface area contributed by atoms with E-state index in [9.17, 15) is 50.4 Å². The molecule has 4 aromatic heterocycles. The second-order valence-electron chi connectivity index (χ2n) is 12.0. The summed E-state index contributed by atoms with van der Waals surface area (Å²) < 4.78 is 122. The van der Waals surface area contributed by atoms with Crippen molar-refractivity contribution in [3.8, 4) is 11.6 Å². The van der Waals surface area contributed by atoms with Gasteiger partial charge >= 0.3 is 121 Å². The minimum atomic E-state index is -10.7. The SMILES string of the molecule is CCCCN1C=CN(Cc2cn(-c3ccccn3)nn2)[CH-]1.CCCCN1C=CN(Cc2cn(-c3ccccn3)nn2)[CH-]1.F[P-](F)(F)(F)(F)F.F[P-](F)(F)(F)(F)F.[Cl][Pd+].[Cl][Pd+]. The van der Waals surface area contributed by atoms with E-state index >= 15 is 0 Å². The van der Waals surface area contributed by atoms with Crippen molar-refractivity contribution >= 4 is 34.7 Å². The topological polar surface area (TPSA) is 100 Å². The van der Waals surface area contributed by atoms with Crippen LogP contribution in [0.15, 0.2) is 86.0 Å². The Bertz CT molecular complexity index is 1720. The number of hydrogen-bond acceptors (Lipinski definition) is 10. The summed E-state index contributed by atoms with van der Waals surface area (Å²) in [6, 6.07) is 11.5. The Morgan fingerprint density at radius 1 is 0.533 bits per heavy atom. The average Bonchev–Trinajstić information content (AvgIpc) is 4.00. The first-order chi connectivity index (χ1) is 27.6. The fourth-order valence-corrected chi connectivity index (χ4v) is 4.33. The van der Waals surface area contributed by atoms with Crippen LogP contribution in [0.1, 0.15) is 50.9 Å². The Morgan fingerprint density at radius 3 is 1.13 bits per heavy atom. The van der Waals surface area contributed by atoms with Crippen LogP contribution in [0.2, 0.25) is 0 Å². The van der Waals surface area contributed by atoms with Gasteiger partial charge < -0.3 is 19.6 Å².